The topological polar surface area (TPSA) is 57.6 Å². The van der Waals surface area contributed by atoms with Crippen molar-refractivity contribution in [2.45, 2.75) is 17.7 Å². The predicted molar refractivity (Wildman–Crippen MR) is 70.0 cm³/mol. The Morgan fingerprint density at radius 2 is 2.11 bits per heavy atom. The molecule has 1 aromatic rings. The van der Waals surface area contributed by atoms with Crippen LogP contribution in [0.25, 0.3) is 0 Å². The molecule has 1 aliphatic heterocycles. The first-order valence-corrected chi connectivity index (χ1v) is 7.73. The molecule has 1 aliphatic rings. The molecule has 2 rings (SSSR count). The van der Waals surface area contributed by atoms with Crippen molar-refractivity contribution in [2.24, 2.45) is 5.92 Å². The largest absolute Gasteiger partial charge is 0.396 e. The van der Waals surface area contributed by atoms with Crippen LogP contribution in [0, 0.1) is 5.92 Å². The van der Waals surface area contributed by atoms with E-state index in [-0.39, 0.29) is 22.4 Å². The Morgan fingerprint density at radius 3 is 2.78 bits per heavy atom. The van der Waals surface area contributed by atoms with Crippen LogP contribution in [0.4, 0.5) is 0 Å². The first-order valence-electron chi connectivity index (χ1n) is 5.91. The smallest absolute Gasteiger partial charge is 0.244 e. The SMILES string of the molecule is O=S(=O)(c1ccccc1Cl)N1CCCC(CO)C1. The van der Waals surface area contributed by atoms with Gasteiger partial charge in [-0.2, -0.15) is 4.31 Å². The number of rotatable bonds is 3. The molecule has 1 aromatic carbocycles. The third kappa shape index (κ3) is 2.69. The highest BCUT2D eigenvalue weighted by Gasteiger charge is 2.31. The van der Waals surface area contributed by atoms with Gasteiger partial charge < -0.3 is 5.11 Å². The number of hydrogen-bond acceptors (Lipinski definition) is 3. The molecular formula is C12H16ClNO3S. The average Bonchev–Trinajstić information content (AvgIpc) is 2.39. The summed E-state index contributed by atoms with van der Waals surface area (Å²) in [4.78, 5) is 0.144. The van der Waals surface area contributed by atoms with Crippen molar-refractivity contribution in [1.82, 2.24) is 4.31 Å². The maximum atomic E-state index is 12.4. The van der Waals surface area contributed by atoms with E-state index in [1.54, 1.807) is 18.2 Å². The van der Waals surface area contributed by atoms with Gasteiger partial charge in [-0.3, -0.25) is 0 Å². The Bertz CT molecular complexity index is 518. The number of halogens is 1. The molecule has 0 radical (unpaired) electrons. The van der Waals surface area contributed by atoms with E-state index in [4.69, 9.17) is 16.7 Å². The molecule has 18 heavy (non-hydrogen) atoms. The van der Waals surface area contributed by atoms with Gasteiger partial charge in [0.1, 0.15) is 4.90 Å². The maximum Gasteiger partial charge on any atom is 0.244 e. The van der Waals surface area contributed by atoms with Gasteiger partial charge in [0, 0.05) is 19.7 Å². The van der Waals surface area contributed by atoms with Crippen LogP contribution in [0.5, 0.6) is 0 Å². The Morgan fingerprint density at radius 1 is 1.39 bits per heavy atom. The van der Waals surface area contributed by atoms with E-state index < -0.39 is 10.0 Å². The summed E-state index contributed by atoms with van der Waals surface area (Å²) in [7, 11) is -3.55. The Balaban J connectivity index is 2.29. The van der Waals surface area contributed by atoms with E-state index >= 15 is 0 Å². The van der Waals surface area contributed by atoms with E-state index in [0.29, 0.717) is 13.1 Å². The van der Waals surface area contributed by atoms with Gasteiger partial charge in [0.2, 0.25) is 10.0 Å². The van der Waals surface area contributed by atoms with Gasteiger partial charge in [-0.25, -0.2) is 8.42 Å². The zero-order chi connectivity index (χ0) is 13.2. The van der Waals surface area contributed by atoms with E-state index in [9.17, 15) is 8.42 Å². The van der Waals surface area contributed by atoms with E-state index in [2.05, 4.69) is 0 Å². The van der Waals surface area contributed by atoms with Crippen molar-refractivity contribution in [2.75, 3.05) is 19.7 Å². The number of benzene rings is 1. The Hall–Kier alpha value is -0.620. The van der Waals surface area contributed by atoms with Gasteiger partial charge in [0.05, 0.1) is 5.02 Å². The number of aliphatic hydroxyl groups is 1. The molecule has 1 fully saturated rings. The predicted octanol–water partition coefficient (Wildman–Crippen LogP) is 1.73. The van der Waals surface area contributed by atoms with Crippen LogP contribution >= 0.6 is 11.6 Å². The highest BCUT2D eigenvalue weighted by Crippen LogP contribution is 2.27. The lowest BCUT2D eigenvalue weighted by Crippen LogP contribution is -2.40. The number of hydrogen-bond donors (Lipinski definition) is 1. The standard InChI is InChI=1S/C12H16ClNO3S/c13-11-5-1-2-6-12(11)18(16,17)14-7-3-4-10(8-14)9-15/h1-2,5-6,10,15H,3-4,7-9H2. The van der Waals surface area contributed by atoms with Gasteiger partial charge in [0.15, 0.2) is 0 Å². The molecule has 1 N–H and O–H groups in total. The van der Waals surface area contributed by atoms with Crippen LogP contribution in [-0.4, -0.2) is 37.5 Å². The molecule has 0 spiro atoms. The second-order valence-electron chi connectivity index (χ2n) is 4.48. The first kappa shape index (κ1) is 13.8. The third-order valence-corrected chi connectivity index (χ3v) is 5.56. The fraction of sp³-hybridized carbons (Fsp3) is 0.500. The van der Waals surface area contributed by atoms with Gasteiger partial charge in [-0.15, -0.1) is 0 Å². The van der Waals surface area contributed by atoms with Crippen LogP contribution in [0.1, 0.15) is 12.8 Å². The van der Waals surface area contributed by atoms with E-state index in [1.807, 2.05) is 0 Å². The Labute approximate surface area is 112 Å². The van der Waals surface area contributed by atoms with Crippen LogP contribution in [0.2, 0.25) is 5.02 Å². The van der Waals surface area contributed by atoms with Crippen LogP contribution in [-0.2, 0) is 10.0 Å². The summed E-state index contributed by atoms with van der Waals surface area (Å²) in [6.45, 7) is 0.878. The van der Waals surface area contributed by atoms with Crippen molar-refractivity contribution >= 4 is 21.6 Å². The second kappa shape index (κ2) is 5.57. The minimum Gasteiger partial charge on any atom is -0.396 e. The van der Waals surface area contributed by atoms with Gasteiger partial charge >= 0.3 is 0 Å². The fourth-order valence-corrected chi connectivity index (χ4v) is 4.24. The second-order valence-corrected chi connectivity index (χ2v) is 6.80. The molecule has 1 heterocycles. The molecule has 1 saturated heterocycles. The fourth-order valence-electron chi connectivity index (χ4n) is 2.19. The number of sulfonamides is 1. The molecule has 1 unspecified atom stereocenters. The summed E-state index contributed by atoms with van der Waals surface area (Å²) in [6, 6.07) is 6.45. The van der Waals surface area contributed by atoms with Crippen LogP contribution < -0.4 is 0 Å². The Kier molecular flexibility index (Phi) is 4.27. The van der Waals surface area contributed by atoms with Gasteiger partial charge in [0.25, 0.3) is 0 Å². The third-order valence-electron chi connectivity index (χ3n) is 3.19. The van der Waals surface area contributed by atoms with Crippen molar-refractivity contribution < 1.29 is 13.5 Å². The highest BCUT2D eigenvalue weighted by molar-refractivity contribution is 7.89. The average molecular weight is 290 g/mol. The lowest BCUT2D eigenvalue weighted by Gasteiger charge is -2.31. The zero-order valence-corrected chi connectivity index (χ0v) is 11.5. The molecular weight excluding hydrogens is 274 g/mol. The summed E-state index contributed by atoms with van der Waals surface area (Å²) in [5.74, 6) is 0.0241. The van der Waals surface area contributed by atoms with Crippen molar-refractivity contribution in [3.05, 3.63) is 29.3 Å². The minimum absolute atomic E-state index is 0.0224. The lowest BCUT2D eigenvalue weighted by atomic mass is 10.0. The van der Waals surface area contributed by atoms with Crippen LogP contribution in [0.3, 0.4) is 0 Å². The maximum absolute atomic E-state index is 12.4. The van der Waals surface area contributed by atoms with Crippen LogP contribution in [0.15, 0.2) is 29.2 Å². The highest BCUT2D eigenvalue weighted by atomic mass is 35.5. The molecule has 0 amide bonds. The summed E-state index contributed by atoms with van der Waals surface area (Å²) in [5.41, 5.74) is 0. The monoisotopic (exact) mass is 289 g/mol. The van der Waals surface area contributed by atoms with Gasteiger partial charge in [-0.1, -0.05) is 23.7 Å². The van der Waals surface area contributed by atoms with Gasteiger partial charge in [-0.05, 0) is 30.9 Å². The van der Waals surface area contributed by atoms with Crippen molar-refractivity contribution in [3.63, 3.8) is 0 Å². The summed E-state index contributed by atoms with van der Waals surface area (Å²) >= 11 is 5.94. The molecule has 100 valence electrons. The number of nitrogens with zero attached hydrogens (tertiary/aromatic N) is 1. The van der Waals surface area contributed by atoms with E-state index in [1.165, 1.54) is 10.4 Å². The zero-order valence-electron chi connectivity index (χ0n) is 9.92. The first-order chi connectivity index (χ1) is 8.55. The van der Waals surface area contributed by atoms with Crippen molar-refractivity contribution in [3.8, 4) is 0 Å². The minimum atomic E-state index is -3.55. The number of piperidine rings is 1. The normalized spacial score (nSPS) is 22.0. The molecule has 1 atom stereocenters. The lowest BCUT2D eigenvalue weighted by molar-refractivity contribution is 0.165. The molecule has 6 heteroatoms. The summed E-state index contributed by atoms with van der Waals surface area (Å²) < 4.78 is 26.3. The number of aliphatic hydroxyl groups excluding tert-OH is 1. The molecule has 0 aliphatic carbocycles. The van der Waals surface area contributed by atoms with E-state index in [0.717, 1.165) is 12.8 Å². The molecule has 4 nitrogen and oxygen atoms in total. The molecule has 0 aromatic heterocycles. The molecule has 0 saturated carbocycles. The quantitative estimate of drug-likeness (QED) is 0.922. The molecule has 0 bridgehead atoms. The summed E-state index contributed by atoms with van der Waals surface area (Å²) in [5, 5.41) is 9.39. The van der Waals surface area contributed by atoms with Crippen molar-refractivity contribution in [1.29, 1.82) is 0 Å². The summed E-state index contributed by atoms with van der Waals surface area (Å²) in [6.07, 6.45) is 1.64.